The molecule has 23 heavy (non-hydrogen) atoms. The molecule has 0 radical (unpaired) electrons. The molecule has 0 fully saturated rings. The van der Waals surface area contributed by atoms with Crippen LogP contribution in [-0.2, 0) is 0 Å². The van der Waals surface area contributed by atoms with Crippen molar-refractivity contribution in [3.05, 3.63) is 70.2 Å². The molecule has 0 amide bonds. The van der Waals surface area contributed by atoms with E-state index in [9.17, 15) is 8.78 Å². The lowest BCUT2D eigenvalue weighted by atomic mass is 10.0. The molecule has 0 aliphatic heterocycles. The molecule has 0 aromatic heterocycles. The van der Waals surface area contributed by atoms with Gasteiger partial charge in [-0.3, -0.25) is 0 Å². The van der Waals surface area contributed by atoms with Crippen molar-refractivity contribution in [3.8, 4) is 0 Å². The predicted octanol–water partition coefficient (Wildman–Crippen LogP) is 7.58. The van der Waals surface area contributed by atoms with E-state index >= 15 is 0 Å². The lowest BCUT2D eigenvalue weighted by Gasteiger charge is -2.04. The Hall–Kier alpha value is -1.41. The number of benzene rings is 2. The number of hydrogen-bond donors (Lipinski definition) is 0. The summed E-state index contributed by atoms with van der Waals surface area (Å²) in [6.07, 6.45) is 0. The molecule has 0 heterocycles. The Morgan fingerprint density at radius 3 is 1.43 bits per heavy atom. The van der Waals surface area contributed by atoms with Crippen molar-refractivity contribution in [2.24, 2.45) is 0 Å². The highest BCUT2D eigenvalue weighted by atomic mass is 35.5. The first kappa shape index (κ1) is 21.6. The van der Waals surface area contributed by atoms with Crippen molar-refractivity contribution in [1.82, 2.24) is 0 Å². The summed E-state index contributed by atoms with van der Waals surface area (Å²) in [4.78, 5) is 0. The van der Waals surface area contributed by atoms with Crippen LogP contribution in [-0.4, -0.2) is 0 Å². The minimum absolute atomic E-state index is 0.167. The molecule has 128 valence electrons. The van der Waals surface area contributed by atoms with Gasteiger partial charge < -0.3 is 0 Å². The van der Waals surface area contributed by atoms with Gasteiger partial charge >= 0.3 is 0 Å². The molecule has 0 saturated carbocycles. The zero-order chi connectivity index (χ0) is 18.0. The highest BCUT2D eigenvalue weighted by Gasteiger charge is 2.03. The first-order valence-electron chi connectivity index (χ1n) is 8.01. The Bertz CT molecular complexity index is 540. The molecule has 0 nitrogen and oxygen atoms in total. The van der Waals surface area contributed by atoms with Crippen LogP contribution in [0.5, 0.6) is 0 Å². The average molecular weight is 341 g/mol. The Morgan fingerprint density at radius 1 is 0.696 bits per heavy atom. The molecule has 3 heteroatoms. The van der Waals surface area contributed by atoms with Gasteiger partial charge in [0.05, 0.1) is 0 Å². The van der Waals surface area contributed by atoms with Gasteiger partial charge in [-0.2, -0.15) is 0 Å². The summed E-state index contributed by atoms with van der Waals surface area (Å²) in [5.41, 5.74) is 2.03. The molecule has 2 aromatic rings. The molecule has 0 spiro atoms. The minimum Gasteiger partial charge on any atom is -0.207 e. The van der Waals surface area contributed by atoms with Crippen LogP contribution in [0.25, 0.3) is 0 Å². The van der Waals surface area contributed by atoms with E-state index in [0.717, 1.165) is 11.1 Å². The fraction of sp³-hybridized carbons (Fsp3) is 0.400. The van der Waals surface area contributed by atoms with Gasteiger partial charge in [0.2, 0.25) is 0 Å². The van der Waals surface area contributed by atoms with E-state index in [1.54, 1.807) is 0 Å². The lowest BCUT2D eigenvalue weighted by molar-refractivity contribution is 0.577. The standard InChI is InChI=1S/C9H11Cl.C9H10F2.C2H6/c1-7(2)8-3-5-9(10)6-4-8;1-6(2)7-3-8(10)5-9(11)4-7;1-2/h3-7H,1-2H3;3-6H,1-2H3;1-2H3. The van der Waals surface area contributed by atoms with Crippen LogP contribution in [0.3, 0.4) is 0 Å². The third kappa shape index (κ3) is 8.71. The summed E-state index contributed by atoms with van der Waals surface area (Å²) in [7, 11) is 0. The summed E-state index contributed by atoms with van der Waals surface area (Å²) in [5, 5.41) is 0.810. The van der Waals surface area contributed by atoms with Crippen LogP contribution < -0.4 is 0 Å². The van der Waals surface area contributed by atoms with Gasteiger partial charge in [0.1, 0.15) is 11.6 Å². The zero-order valence-electron chi connectivity index (χ0n) is 14.8. The summed E-state index contributed by atoms with van der Waals surface area (Å²) in [6, 6.07) is 11.6. The van der Waals surface area contributed by atoms with Crippen molar-refractivity contribution in [2.45, 2.75) is 53.4 Å². The quantitative estimate of drug-likeness (QED) is 0.528. The van der Waals surface area contributed by atoms with E-state index in [0.29, 0.717) is 11.5 Å². The second-order valence-corrected chi connectivity index (χ2v) is 6.00. The Balaban J connectivity index is 0.000000381. The molecule has 0 N–H and O–H groups in total. The molecular weight excluding hydrogens is 314 g/mol. The smallest absolute Gasteiger partial charge is 0.126 e. The molecule has 0 atom stereocenters. The SMILES string of the molecule is CC.CC(C)c1cc(F)cc(F)c1.CC(C)c1ccc(Cl)cc1. The van der Waals surface area contributed by atoms with Gasteiger partial charge in [0, 0.05) is 11.1 Å². The molecule has 0 unspecified atom stereocenters. The Morgan fingerprint density at radius 2 is 1.09 bits per heavy atom. The summed E-state index contributed by atoms with van der Waals surface area (Å²) >= 11 is 5.72. The summed E-state index contributed by atoms with van der Waals surface area (Å²) < 4.78 is 25.1. The van der Waals surface area contributed by atoms with Crippen molar-refractivity contribution in [3.63, 3.8) is 0 Å². The van der Waals surface area contributed by atoms with Crippen molar-refractivity contribution < 1.29 is 8.78 Å². The van der Waals surface area contributed by atoms with Crippen molar-refractivity contribution in [2.75, 3.05) is 0 Å². The lowest BCUT2D eigenvalue weighted by Crippen LogP contribution is -1.90. The maximum Gasteiger partial charge on any atom is 0.126 e. The van der Waals surface area contributed by atoms with Crippen molar-refractivity contribution in [1.29, 1.82) is 0 Å². The van der Waals surface area contributed by atoms with Gasteiger partial charge in [-0.1, -0.05) is 65.3 Å². The summed E-state index contributed by atoms with van der Waals surface area (Å²) in [6.45, 7) is 12.1. The number of hydrogen-bond acceptors (Lipinski definition) is 0. The monoisotopic (exact) mass is 340 g/mol. The van der Waals surface area contributed by atoms with Gasteiger partial charge in [0.25, 0.3) is 0 Å². The van der Waals surface area contributed by atoms with Crippen LogP contribution in [0.15, 0.2) is 42.5 Å². The van der Waals surface area contributed by atoms with Crippen LogP contribution in [0.4, 0.5) is 8.78 Å². The fourth-order valence-electron chi connectivity index (χ4n) is 1.76. The highest BCUT2D eigenvalue weighted by Crippen LogP contribution is 2.17. The first-order valence-corrected chi connectivity index (χ1v) is 8.39. The van der Waals surface area contributed by atoms with Gasteiger partial charge in [-0.05, 0) is 47.2 Å². The van der Waals surface area contributed by atoms with Crippen LogP contribution in [0.2, 0.25) is 5.02 Å². The maximum atomic E-state index is 12.5. The zero-order valence-corrected chi connectivity index (χ0v) is 15.6. The van der Waals surface area contributed by atoms with Crippen molar-refractivity contribution >= 4 is 11.6 Å². The van der Waals surface area contributed by atoms with E-state index in [1.165, 1.54) is 17.7 Å². The normalized spacial score (nSPS) is 9.87. The van der Waals surface area contributed by atoms with Gasteiger partial charge in [0.15, 0.2) is 0 Å². The predicted molar refractivity (Wildman–Crippen MR) is 97.3 cm³/mol. The third-order valence-corrected chi connectivity index (χ3v) is 3.34. The summed E-state index contributed by atoms with van der Waals surface area (Å²) in [5.74, 6) is -0.250. The Kier molecular flexibility index (Phi) is 10.5. The topological polar surface area (TPSA) is 0 Å². The van der Waals surface area contributed by atoms with E-state index in [2.05, 4.69) is 26.0 Å². The molecule has 0 bridgehead atoms. The first-order chi connectivity index (χ1) is 10.8. The largest absolute Gasteiger partial charge is 0.207 e. The van der Waals surface area contributed by atoms with Crippen LogP contribution >= 0.6 is 11.6 Å². The molecule has 2 aromatic carbocycles. The molecule has 0 aliphatic carbocycles. The Labute approximate surface area is 144 Å². The van der Waals surface area contributed by atoms with E-state index < -0.39 is 11.6 Å². The number of halogens is 3. The molecule has 0 saturated heterocycles. The van der Waals surface area contributed by atoms with Crippen LogP contribution in [0, 0.1) is 11.6 Å². The van der Waals surface area contributed by atoms with E-state index in [1.807, 2.05) is 39.8 Å². The van der Waals surface area contributed by atoms with E-state index in [-0.39, 0.29) is 5.92 Å². The average Bonchev–Trinajstić information content (AvgIpc) is 2.49. The number of rotatable bonds is 2. The second-order valence-electron chi connectivity index (χ2n) is 5.56. The maximum absolute atomic E-state index is 12.5. The third-order valence-electron chi connectivity index (χ3n) is 3.09. The minimum atomic E-state index is -0.506. The fourth-order valence-corrected chi connectivity index (χ4v) is 1.88. The van der Waals surface area contributed by atoms with E-state index in [4.69, 9.17) is 11.6 Å². The van der Waals surface area contributed by atoms with Crippen LogP contribution in [0.1, 0.15) is 64.5 Å². The second kappa shape index (κ2) is 11.2. The highest BCUT2D eigenvalue weighted by molar-refractivity contribution is 6.30. The molecule has 2 rings (SSSR count). The van der Waals surface area contributed by atoms with Gasteiger partial charge in [-0.25, -0.2) is 8.78 Å². The molecular formula is C20H27ClF2. The van der Waals surface area contributed by atoms with Gasteiger partial charge in [-0.15, -0.1) is 0 Å². The molecule has 0 aliphatic rings.